The second-order valence-electron chi connectivity index (χ2n) is 4.03. The van der Waals surface area contributed by atoms with E-state index in [1.165, 1.54) is 0 Å². The van der Waals surface area contributed by atoms with Gasteiger partial charge >= 0.3 is 0 Å². The van der Waals surface area contributed by atoms with E-state index >= 15 is 0 Å². The summed E-state index contributed by atoms with van der Waals surface area (Å²) in [4.78, 5) is 12.8. The molecule has 0 aliphatic carbocycles. The molecule has 0 saturated carbocycles. The van der Waals surface area contributed by atoms with E-state index in [4.69, 9.17) is 0 Å². The van der Waals surface area contributed by atoms with E-state index in [0.717, 1.165) is 36.7 Å². The lowest BCUT2D eigenvalue weighted by Crippen LogP contribution is -2.19. The summed E-state index contributed by atoms with van der Waals surface area (Å²) in [6.07, 6.45) is 8.29. The second kappa shape index (κ2) is 5.54. The minimum absolute atomic E-state index is 0.748. The maximum absolute atomic E-state index is 4.28. The van der Waals surface area contributed by atoms with Gasteiger partial charge < -0.3 is 9.88 Å². The van der Waals surface area contributed by atoms with Crippen LogP contribution in [-0.2, 0) is 20.0 Å². The van der Waals surface area contributed by atoms with Crippen molar-refractivity contribution in [2.75, 3.05) is 6.54 Å². The molecule has 0 spiro atoms. The van der Waals surface area contributed by atoms with Crippen LogP contribution in [0.1, 0.15) is 17.2 Å². The molecule has 0 unspecified atom stereocenters. The van der Waals surface area contributed by atoms with E-state index in [1.807, 2.05) is 37.1 Å². The number of hydrogen-bond acceptors (Lipinski definition) is 4. The van der Waals surface area contributed by atoms with Gasteiger partial charge in [-0.2, -0.15) is 0 Å². The molecular weight excluding hydrogens is 214 g/mol. The van der Waals surface area contributed by atoms with Gasteiger partial charge in [-0.1, -0.05) is 0 Å². The standard InChI is InChI=1S/C12H17N5/c1-10-7-16-11(9-15-10)8-13-4-3-12-14-5-6-17(12)2/h5-7,9,13H,3-4,8H2,1-2H3. The molecule has 2 heterocycles. The van der Waals surface area contributed by atoms with Crippen LogP contribution >= 0.6 is 0 Å². The molecule has 0 amide bonds. The number of aromatic nitrogens is 4. The Morgan fingerprint density at radius 3 is 2.76 bits per heavy atom. The lowest BCUT2D eigenvalue weighted by Gasteiger charge is -2.04. The molecule has 0 atom stereocenters. The summed E-state index contributed by atoms with van der Waals surface area (Å²) in [7, 11) is 2.01. The Bertz CT molecular complexity index is 460. The zero-order valence-corrected chi connectivity index (χ0v) is 10.2. The molecule has 17 heavy (non-hydrogen) atoms. The Morgan fingerprint density at radius 1 is 1.24 bits per heavy atom. The zero-order valence-electron chi connectivity index (χ0n) is 10.2. The third-order valence-electron chi connectivity index (χ3n) is 2.59. The van der Waals surface area contributed by atoms with Crippen LogP contribution in [0.5, 0.6) is 0 Å². The summed E-state index contributed by atoms with van der Waals surface area (Å²) in [5.41, 5.74) is 1.91. The highest BCUT2D eigenvalue weighted by Crippen LogP contribution is 1.96. The molecule has 1 N–H and O–H groups in total. The van der Waals surface area contributed by atoms with Crippen molar-refractivity contribution < 1.29 is 0 Å². The van der Waals surface area contributed by atoms with Crippen LogP contribution in [0.3, 0.4) is 0 Å². The highest BCUT2D eigenvalue weighted by atomic mass is 15.0. The maximum atomic E-state index is 4.28. The molecule has 0 saturated heterocycles. The van der Waals surface area contributed by atoms with Gasteiger partial charge in [0, 0.05) is 51.3 Å². The Balaban J connectivity index is 1.73. The molecular formula is C12H17N5. The number of hydrogen-bond donors (Lipinski definition) is 1. The molecule has 0 aromatic carbocycles. The fourth-order valence-electron chi connectivity index (χ4n) is 1.56. The van der Waals surface area contributed by atoms with E-state index in [-0.39, 0.29) is 0 Å². The smallest absolute Gasteiger partial charge is 0.109 e. The molecule has 0 bridgehead atoms. The van der Waals surface area contributed by atoms with Crippen LogP contribution < -0.4 is 5.32 Å². The number of imidazole rings is 1. The quantitative estimate of drug-likeness (QED) is 0.775. The third kappa shape index (κ3) is 3.35. The van der Waals surface area contributed by atoms with Gasteiger partial charge in [0.1, 0.15) is 5.82 Å². The summed E-state index contributed by atoms with van der Waals surface area (Å²) in [6, 6.07) is 0. The van der Waals surface area contributed by atoms with Crippen LogP contribution in [0.4, 0.5) is 0 Å². The molecule has 0 aliphatic rings. The van der Waals surface area contributed by atoms with Gasteiger partial charge in [0.2, 0.25) is 0 Å². The molecule has 5 heteroatoms. The van der Waals surface area contributed by atoms with Gasteiger partial charge in [0.25, 0.3) is 0 Å². The number of rotatable bonds is 5. The molecule has 2 rings (SSSR count). The average molecular weight is 231 g/mol. The Morgan fingerprint density at radius 2 is 2.12 bits per heavy atom. The lowest BCUT2D eigenvalue weighted by atomic mass is 10.3. The lowest BCUT2D eigenvalue weighted by molar-refractivity contribution is 0.644. The Hall–Kier alpha value is -1.75. The first-order chi connectivity index (χ1) is 8.25. The highest BCUT2D eigenvalue weighted by molar-refractivity contribution is 5.00. The van der Waals surface area contributed by atoms with Crippen molar-refractivity contribution in [1.82, 2.24) is 24.8 Å². The molecule has 0 aliphatic heterocycles. The van der Waals surface area contributed by atoms with Crippen molar-refractivity contribution in [1.29, 1.82) is 0 Å². The summed E-state index contributed by atoms with van der Waals surface area (Å²) < 4.78 is 2.04. The minimum atomic E-state index is 0.748. The predicted molar refractivity (Wildman–Crippen MR) is 65.4 cm³/mol. The number of nitrogens with zero attached hydrogens (tertiary/aromatic N) is 4. The topological polar surface area (TPSA) is 55.6 Å². The van der Waals surface area contributed by atoms with E-state index in [9.17, 15) is 0 Å². The monoisotopic (exact) mass is 231 g/mol. The zero-order chi connectivity index (χ0) is 12.1. The maximum Gasteiger partial charge on any atom is 0.109 e. The largest absolute Gasteiger partial charge is 0.338 e. The first kappa shape index (κ1) is 11.7. The van der Waals surface area contributed by atoms with E-state index in [2.05, 4.69) is 20.3 Å². The fourth-order valence-corrected chi connectivity index (χ4v) is 1.56. The van der Waals surface area contributed by atoms with Crippen molar-refractivity contribution in [3.63, 3.8) is 0 Å². The van der Waals surface area contributed by atoms with Crippen molar-refractivity contribution in [2.24, 2.45) is 7.05 Å². The fraction of sp³-hybridized carbons (Fsp3) is 0.417. The van der Waals surface area contributed by atoms with E-state index in [0.29, 0.717) is 0 Å². The normalized spacial score (nSPS) is 10.7. The SMILES string of the molecule is Cc1cnc(CNCCc2nccn2C)cn1. The van der Waals surface area contributed by atoms with E-state index < -0.39 is 0 Å². The van der Waals surface area contributed by atoms with Crippen LogP contribution in [0.15, 0.2) is 24.8 Å². The summed E-state index contributed by atoms with van der Waals surface area (Å²) in [5, 5.41) is 3.33. The second-order valence-corrected chi connectivity index (χ2v) is 4.03. The molecule has 2 aromatic rings. The minimum Gasteiger partial charge on any atom is -0.338 e. The predicted octanol–water partition coefficient (Wildman–Crippen LogP) is 0.851. The first-order valence-electron chi connectivity index (χ1n) is 5.70. The average Bonchev–Trinajstić information content (AvgIpc) is 2.73. The third-order valence-corrected chi connectivity index (χ3v) is 2.59. The van der Waals surface area contributed by atoms with Crippen LogP contribution in [0.25, 0.3) is 0 Å². The number of nitrogens with one attached hydrogen (secondary N) is 1. The van der Waals surface area contributed by atoms with Crippen LogP contribution in [0.2, 0.25) is 0 Å². The molecule has 90 valence electrons. The van der Waals surface area contributed by atoms with Crippen molar-refractivity contribution in [3.05, 3.63) is 42.0 Å². The van der Waals surface area contributed by atoms with Crippen LogP contribution in [0, 0.1) is 6.92 Å². The van der Waals surface area contributed by atoms with Gasteiger partial charge in [0.05, 0.1) is 11.4 Å². The first-order valence-corrected chi connectivity index (χ1v) is 5.70. The molecule has 2 aromatic heterocycles. The van der Waals surface area contributed by atoms with Crippen molar-refractivity contribution >= 4 is 0 Å². The van der Waals surface area contributed by atoms with Crippen molar-refractivity contribution in [3.8, 4) is 0 Å². The Kier molecular flexibility index (Phi) is 3.82. The van der Waals surface area contributed by atoms with Gasteiger partial charge in [0.15, 0.2) is 0 Å². The summed E-state index contributed by atoms with van der Waals surface area (Å²) in [6.45, 7) is 3.57. The molecule has 5 nitrogen and oxygen atoms in total. The van der Waals surface area contributed by atoms with Gasteiger partial charge in [-0.15, -0.1) is 0 Å². The molecule has 0 radical (unpaired) electrons. The van der Waals surface area contributed by atoms with Gasteiger partial charge in [-0.25, -0.2) is 4.98 Å². The molecule has 0 fully saturated rings. The summed E-state index contributed by atoms with van der Waals surface area (Å²) in [5.74, 6) is 1.09. The van der Waals surface area contributed by atoms with Crippen molar-refractivity contribution in [2.45, 2.75) is 19.9 Å². The Labute approximate surface area is 101 Å². The van der Waals surface area contributed by atoms with Gasteiger partial charge in [-0.05, 0) is 6.92 Å². The summed E-state index contributed by atoms with van der Waals surface area (Å²) >= 11 is 0. The van der Waals surface area contributed by atoms with Gasteiger partial charge in [-0.3, -0.25) is 9.97 Å². The number of aryl methyl sites for hydroxylation is 2. The highest BCUT2D eigenvalue weighted by Gasteiger charge is 1.99. The van der Waals surface area contributed by atoms with Crippen LogP contribution in [-0.4, -0.2) is 26.1 Å². The van der Waals surface area contributed by atoms with E-state index in [1.54, 1.807) is 6.20 Å².